The van der Waals surface area contributed by atoms with Crippen LogP contribution in [0, 0.1) is 6.92 Å². The molecule has 0 bridgehead atoms. The first kappa shape index (κ1) is 18.5. The van der Waals surface area contributed by atoms with E-state index in [1.54, 1.807) is 18.4 Å². The van der Waals surface area contributed by atoms with Gasteiger partial charge in [-0.1, -0.05) is 0 Å². The summed E-state index contributed by atoms with van der Waals surface area (Å²) in [6.45, 7) is 5.05. The Labute approximate surface area is 174 Å². The number of nitrogens with one attached hydrogen (secondary N) is 1. The average Bonchev–Trinajstić information content (AvgIpc) is 3.48. The van der Waals surface area contributed by atoms with Crippen molar-refractivity contribution in [3.63, 3.8) is 0 Å². The smallest absolute Gasteiger partial charge is 0.162 e. The Kier molecular flexibility index (Phi) is 4.89. The minimum Gasteiger partial charge on any atom is -0.497 e. The summed E-state index contributed by atoms with van der Waals surface area (Å²) in [4.78, 5) is 10.7. The van der Waals surface area contributed by atoms with Crippen LogP contribution in [0.2, 0.25) is 0 Å². The summed E-state index contributed by atoms with van der Waals surface area (Å²) in [7, 11) is 1.73. The molecule has 0 amide bonds. The van der Waals surface area contributed by atoms with Crippen molar-refractivity contribution in [1.29, 1.82) is 0 Å². The molecule has 3 aromatic heterocycles. The molecule has 4 aromatic rings. The molecule has 0 saturated carbocycles. The van der Waals surface area contributed by atoms with Crippen molar-refractivity contribution in [2.75, 3.05) is 20.2 Å². The van der Waals surface area contributed by atoms with E-state index in [-0.39, 0.29) is 0 Å². The Morgan fingerprint density at radius 2 is 2.10 bits per heavy atom. The number of H-pyrrole nitrogens is 1. The molecule has 4 heterocycles. The van der Waals surface area contributed by atoms with Crippen LogP contribution in [0.15, 0.2) is 46.3 Å². The summed E-state index contributed by atoms with van der Waals surface area (Å²) in [6, 6.07) is 10.3. The fraction of sp³-hybridized carbons (Fsp3) is 0.348. The van der Waals surface area contributed by atoms with Crippen LogP contribution in [0.3, 0.4) is 0 Å². The maximum absolute atomic E-state index is 5.70. The van der Waals surface area contributed by atoms with E-state index in [2.05, 4.69) is 33.6 Å². The lowest BCUT2D eigenvalue weighted by Gasteiger charge is -2.31. The number of aryl methyl sites for hydroxylation is 1. The predicted molar refractivity (Wildman–Crippen MR) is 117 cm³/mol. The minimum absolute atomic E-state index is 0.587. The highest BCUT2D eigenvalue weighted by Gasteiger charge is 2.23. The number of furan rings is 1. The zero-order chi connectivity index (χ0) is 19.8. The number of fused-ring (bicyclic) bond motifs is 1. The van der Waals surface area contributed by atoms with E-state index < -0.39 is 0 Å². The van der Waals surface area contributed by atoms with E-state index in [4.69, 9.17) is 14.1 Å². The van der Waals surface area contributed by atoms with Crippen molar-refractivity contribution in [3.05, 3.63) is 58.9 Å². The van der Waals surface area contributed by atoms with Crippen LogP contribution in [0.5, 0.6) is 5.75 Å². The fourth-order valence-electron chi connectivity index (χ4n) is 4.26. The first-order chi connectivity index (χ1) is 14.2. The van der Waals surface area contributed by atoms with Crippen LogP contribution in [0.1, 0.15) is 35.8 Å². The topological polar surface area (TPSA) is 54.3 Å². The van der Waals surface area contributed by atoms with Gasteiger partial charge in [0, 0.05) is 29.0 Å². The second kappa shape index (κ2) is 7.69. The molecular weight excluding hydrogens is 382 g/mol. The van der Waals surface area contributed by atoms with Gasteiger partial charge < -0.3 is 14.1 Å². The number of thiazole rings is 1. The molecule has 1 aliphatic heterocycles. The summed E-state index contributed by atoms with van der Waals surface area (Å²) < 4.78 is 11.1. The highest BCUT2D eigenvalue weighted by molar-refractivity contribution is 7.13. The van der Waals surface area contributed by atoms with Crippen molar-refractivity contribution in [2.45, 2.75) is 32.2 Å². The normalized spacial score (nSPS) is 15.9. The molecule has 5 nitrogen and oxygen atoms in total. The summed E-state index contributed by atoms with van der Waals surface area (Å²) in [5.41, 5.74) is 3.74. The first-order valence-corrected chi connectivity index (χ1v) is 11.0. The summed E-state index contributed by atoms with van der Waals surface area (Å²) in [5.74, 6) is 3.30. The predicted octanol–water partition coefficient (Wildman–Crippen LogP) is 5.58. The third kappa shape index (κ3) is 3.70. The van der Waals surface area contributed by atoms with Gasteiger partial charge >= 0.3 is 0 Å². The number of benzene rings is 1. The number of likely N-dealkylation sites (tertiary alicyclic amines) is 1. The molecule has 0 atom stereocenters. The quantitative estimate of drug-likeness (QED) is 0.469. The van der Waals surface area contributed by atoms with Gasteiger partial charge in [-0.05, 0) is 74.7 Å². The molecule has 0 spiro atoms. The Morgan fingerprint density at radius 3 is 2.86 bits per heavy atom. The lowest BCUT2D eigenvalue weighted by molar-refractivity contribution is 0.203. The molecule has 0 unspecified atom stereocenters. The highest BCUT2D eigenvalue weighted by Crippen LogP contribution is 2.35. The molecule has 1 saturated heterocycles. The number of aromatic amines is 1. The summed E-state index contributed by atoms with van der Waals surface area (Å²) in [5, 5.41) is 4.42. The van der Waals surface area contributed by atoms with Crippen molar-refractivity contribution < 1.29 is 9.15 Å². The maximum atomic E-state index is 5.70. The number of nitrogens with zero attached hydrogens (tertiary/aromatic N) is 2. The standard InChI is InChI=1S/C23H25N3O2S/c1-15-3-6-22(28-15)23-25-17(14-29-23)13-26-9-7-16(8-10-26)20-12-24-21-5-4-18(27-2)11-19(20)21/h3-6,11-12,14,16,24H,7-10,13H2,1-2H3. The molecule has 5 rings (SSSR count). The SMILES string of the molecule is COc1ccc2[nH]cc(C3CCN(Cc4csc(-c5ccc(C)o5)n4)CC3)c2c1. The molecule has 0 aliphatic carbocycles. The van der Waals surface area contributed by atoms with Crippen LogP contribution >= 0.6 is 11.3 Å². The van der Waals surface area contributed by atoms with Gasteiger partial charge in [-0.2, -0.15) is 0 Å². The molecule has 1 aliphatic rings. The Balaban J connectivity index is 1.24. The minimum atomic E-state index is 0.587. The average molecular weight is 408 g/mol. The highest BCUT2D eigenvalue weighted by atomic mass is 32.1. The fourth-order valence-corrected chi connectivity index (χ4v) is 5.03. The zero-order valence-electron chi connectivity index (χ0n) is 16.8. The van der Waals surface area contributed by atoms with Gasteiger partial charge in [0.15, 0.2) is 10.8 Å². The van der Waals surface area contributed by atoms with E-state index in [1.807, 2.05) is 25.1 Å². The molecule has 29 heavy (non-hydrogen) atoms. The first-order valence-electron chi connectivity index (χ1n) is 10.1. The van der Waals surface area contributed by atoms with Gasteiger partial charge in [0.05, 0.1) is 12.8 Å². The van der Waals surface area contributed by atoms with Gasteiger partial charge in [0.25, 0.3) is 0 Å². The lowest BCUT2D eigenvalue weighted by Crippen LogP contribution is -2.32. The van der Waals surface area contributed by atoms with Gasteiger partial charge in [-0.15, -0.1) is 11.3 Å². The van der Waals surface area contributed by atoms with Gasteiger partial charge in [0.2, 0.25) is 0 Å². The van der Waals surface area contributed by atoms with E-state index >= 15 is 0 Å². The zero-order valence-corrected chi connectivity index (χ0v) is 17.6. The van der Waals surface area contributed by atoms with Crippen molar-refractivity contribution in [2.24, 2.45) is 0 Å². The van der Waals surface area contributed by atoms with Crippen LogP contribution < -0.4 is 4.74 Å². The van der Waals surface area contributed by atoms with Crippen LogP contribution in [-0.2, 0) is 6.54 Å². The molecule has 1 aromatic carbocycles. The van der Waals surface area contributed by atoms with Crippen molar-refractivity contribution in [3.8, 4) is 16.5 Å². The molecule has 1 N–H and O–H groups in total. The number of methoxy groups -OCH3 is 1. The number of hydrogen-bond donors (Lipinski definition) is 1. The van der Waals surface area contributed by atoms with Crippen LogP contribution in [0.4, 0.5) is 0 Å². The summed E-state index contributed by atoms with van der Waals surface area (Å²) >= 11 is 1.66. The number of aromatic nitrogens is 2. The second-order valence-electron chi connectivity index (χ2n) is 7.76. The maximum Gasteiger partial charge on any atom is 0.162 e. The molecule has 6 heteroatoms. The van der Waals surface area contributed by atoms with E-state index in [0.29, 0.717) is 5.92 Å². The van der Waals surface area contributed by atoms with E-state index in [1.165, 1.54) is 29.3 Å². The Bertz CT molecular complexity index is 1120. The van der Waals surface area contributed by atoms with E-state index in [9.17, 15) is 0 Å². The molecule has 0 radical (unpaired) electrons. The molecular formula is C23H25N3O2S. The van der Waals surface area contributed by atoms with Crippen LogP contribution in [0.25, 0.3) is 21.7 Å². The number of rotatable bonds is 5. The van der Waals surface area contributed by atoms with E-state index in [0.717, 1.165) is 47.6 Å². The van der Waals surface area contributed by atoms with Gasteiger partial charge in [-0.3, -0.25) is 4.90 Å². The van der Waals surface area contributed by atoms with Gasteiger partial charge in [-0.25, -0.2) is 4.98 Å². The Hall–Kier alpha value is -2.57. The van der Waals surface area contributed by atoms with Crippen molar-refractivity contribution >= 4 is 22.2 Å². The third-order valence-electron chi connectivity index (χ3n) is 5.84. The Morgan fingerprint density at radius 1 is 1.24 bits per heavy atom. The number of ether oxygens (including phenoxy) is 1. The second-order valence-corrected chi connectivity index (χ2v) is 8.62. The number of piperidine rings is 1. The molecule has 150 valence electrons. The number of hydrogen-bond acceptors (Lipinski definition) is 5. The summed E-state index contributed by atoms with van der Waals surface area (Å²) in [6.07, 6.45) is 4.51. The lowest BCUT2D eigenvalue weighted by atomic mass is 9.89. The van der Waals surface area contributed by atoms with Crippen LogP contribution in [-0.4, -0.2) is 35.1 Å². The third-order valence-corrected chi connectivity index (χ3v) is 6.74. The molecule has 1 fully saturated rings. The largest absolute Gasteiger partial charge is 0.497 e. The van der Waals surface area contributed by atoms with Crippen molar-refractivity contribution in [1.82, 2.24) is 14.9 Å². The van der Waals surface area contributed by atoms with Gasteiger partial charge in [0.1, 0.15) is 11.5 Å². The monoisotopic (exact) mass is 407 g/mol.